The molecule has 1 heterocycles. The molecule has 1 aliphatic rings. The molecule has 198 valence electrons. The lowest BCUT2D eigenvalue weighted by Gasteiger charge is -2.42. The molecule has 0 unspecified atom stereocenters. The van der Waals surface area contributed by atoms with Crippen molar-refractivity contribution >= 4 is 11.9 Å². The fraction of sp³-hybridized carbons (Fsp3) is 0.800. The van der Waals surface area contributed by atoms with Gasteiger partial charge in [-0.3, -0.25) is 9.59 Å². The van der Waals surface area contributed by atoms with Crippen molar-refractivity contribution in [3.63, 3.8) is 0 Å². The summed E-state index contributed by atoms with van der Waals surface area (Å²) >= 11 is 0. The van der Waals surface area contributed by atoms with Gasteiger partial charge in [0.05, 0.1) is 19.5 Å². The Morgan fingerprint density at radius 3 is 2.12 bits per heavy atom. The molecule has 1 rings (SSSR count). The molecule has 1 fully saturated rings. The molecule has 0 aromatic heterocycles. The summed E-state index contributed by atoms with van der Waals surface area (Å²) in [5, 5.41) is 78.6. The van der Waals surface area contributed by atoms with E-state index >= 15 is 0 Å². The largest absolute Gasteiger partial charge is 0.463 e. The molecule has 8 N–H and O–H groups in total. The second kappa shape index (κ2) is 15.3. The zero-order chi connectivity index (χ0) is 25.8. The van der Waals surface area contributed by atoms with Crippen LogP contribution in [-0.2, 0) is 28.5 Å². The van der Waals surface area contributed by atoms with Crippen LogP contribution in [0.4, 0.5) is 0 Å². The minimum atomic E-state index is -1.96. The van der Waals surface area contributed by atoms with Gasteiger partial charge >= 0.3 is 11.9 Å². The standard InChI is InChI=1S/C20H34O14/c1-2-31-13(25)5-3-4-6-14(26)32-9-11(24)19(15(27)10(23)7-21)34-20-18(30)17(29)16(28)12(8-22)33-20/h2,10-12,15-24,27-30H,1,3-9H2/t10-,11+,12+,15+,16+,17-,18+,19+,20+/m0/s1. The van der Waals surface area contributed by atoms with Gasteiger partial charge in [0.2, 0.25) is 0 Å². The number of esters is 2. The fourth-order valence-corrected chi connectivity index (χ4v) is 3.10. The summed E-state index contributed by atoms with van der Waals surface area (Å²) in [6.45, 7) is 0.819. The monoisotopic (exact) mass is 498 g/mol. The third-order valence-electron chi connectivity index (χ3n) is 5.08. The lowest BCUT2D eigenvalue weighted by atomic mass is 9.98. The lowest BCUT2D eigenvalue weighted by molar-refractivity contribution is -0.327. The number of carbonyl (C=O) groups excluding carboxylic acids is 2. The maximum atomic E-state index is 11.9. The first kappa shape index (κ1) is 30.3. The van der Waals surface area contributed by atoms with Crippen LogP contribution < -0.4 is 0 Å². The van der Waals surface area contributed by atoms with Crippen molar-refractivity contribution in [1.82, 2.24) is 0 Å². The van der Waals surface area contributed by atoms with E-state index in [-0.39, 0.29) is 19.3 Å². The number of rotatable bonds is 15. The number of ether oxygens (including phenoxy) is 4. The van der Waals surface area contributed by atoms with E-state index in [1.807, 2.05) is 0 Å². The summed E-state index contributed by atoms with van der Waals surface area (Å²) in [6, 6.07) is 0. The first-order chi connectivity index (χ1) is 16.1. The van der Waals surface area contributed by atoms with Crippen LogP contribution in [0.5, 0.6) is 0 Å². The predicted molar refractivity (Wildman–Crippen MR) is 109 cm³/mol. The molecule has 0 amide bonds. The van der Waals surface area contributed by atoms with Crippen molar-refractivity contribution in [3.8, 4) is 0 Å². The van der Waals surface area contributed by atoms with Crippen molar-refractivity contribution in [3.05, 3.63) is 12.8 Å². The molecule has 0 aromatic rings. The second-order valence-electron chi connectivity index (χ2n) is 7.65. The molecule has 14 heteroatoms. The maximum Gasteiger partial charge on any atom is 0.310 e. The summed E-state index contributed by atoms with van der Waals surface area (Å²) < 4.78 is 19.9. The Labute approximate surface area is 195 Å². The smallest absolute Gasteiger partial charge is 0.310 e. The second-order valence-corrected chi connectivity index (χ2v) is 7.65. The Bertz CT molecular complexity index is 628. The van der Waals surface area contributed by atoms with Crippen molar-refractivity contribution in [2.24, 2.45) is 0 Å². The van der Waals surface area contributed by atoms with Crippen LogP contribution in [0, 0.1) is 0 Å². The Hall–Kier alpha value is -1.72. The maximum absolute atomic E-state index is 11.9. The van der Waals surface area contributed by atoms with E-state index in [4.69, 9.17) is 19.3 Å². The summed E-state index contributed by atoms with van der Waals surface area (Å²) in [6.07, 6.45) is -14.3. The van der Waals surface area contributed by atoms with Crippen LogP contribution in [0.3, 0.4) is 0 Å². The summed E-state index contributed by atoms with van der Waals surface area (Å²) in [5.74, 6) is -1.26. The van der Waals surface area contributed by atoms with Crippen molar-refractivity contribution in [2.45, 2.75) is 80.8 Å². The van der Waals surface area contributed by atoms with E-state index < -0.39 is 86.9 Å². The Morgan fingerprint density at radius 2 is 1.56 bits per heavy atom. The van der Waals surface area contributed by atoms with Crippen LogP contribution in [0.15, 0.2) is 12.8 Å². The number of aliphatic hydroxyl groups excluding tert-OH is 8. The van der Waals surface area contributed by atoms with E-state index in [0.29, 0.717) is 6.42 Å². The van der Waals surface area contributed by atoms with E-state index in [1.54, 1.807) is 0 Å². The van der Waals surface area contributed by atoms with Gasteiger partial charge in [-0.05, 0) is 12.8 Å². The molecule has 0 aliphatic carbocycles. The minimum absolute atomic E-state index is 0.0577. The molecule has 0 aromatic carbocycles. The van der Waals surface area contributed by atoms with Gasteiger partial charge in [-0.25, -0.2) is 0 Å². The molecule has 14 nitrogen and oxygen atoms in total. The van der Waals surface area contributed by atoms with Gasteiger partial charge in [-0.15, -0.1) is 0 Å². The van der Waals surface area contributed by atoms with Gasteiger partial charge in [-0.1, -0.05) is 6.58 Å². The Kier molecular flexibility index (Phi) is 13.6. The third kappa shape index (κ3) is 9.14. The zero-order valence-electron chi connectivity index (χ0n) is 18.5. The molecule has 34 heavy (non-hydrogen) atoms. The molecule has 0 bridgehead atoms. The molecular weight excluding hydrogens is 464 g/mol. The molecule has 0 spiro atoms. The molecule has 0 saturated carbocycles. The van der Waals surface area contributed by atoms with E-state index in [9.17, 15) is 45.3 Å². The highest BCUT2D eigenvalue weighted by atomic mass is 16.7. The summed E-state index contributed by atoms with van der Waals surface area (Å²) in [4.78, 5) is 23.1. The van der Waals surface area contributed by atoms with E-state index in [1.165, 1.54) is 0 Å². The van der Waals surface area contributed by atoms with Crippen molar-refractivity contribution in [2.75, 3.05) is 19.8 Å². The number of aliphatic hydroxyl groups is 8. The lowest BCUT2D eigenvalue weighted by Crippen LogP contribution is -2.61. The topological polar surface area (TPSA) is 233 Å². The number of unbranched alkanes of at least 4 members (excludes halogenated alkanes) is 1. The molecular formula is C20H34O14. The highest BCUT2D eigenvalue weighted by Gasteiger charge is 2.47. The number of carbonyl (C=O) groups is 2. The van der Waals surface area contributed by atoms with Crippen LogP contribution in [0.25, 0.3) is 0 Å². The minimum Gasteiger partial charge on any atom is -0.463 e. The van der Waals surface area contributed by atoms with Gasteiger partial charge in [0, 0.05) is 12.8 Å². The van der Waals surface area contributed by atoms with Crippen molar-refractivity contribution in [1.29, 1.82) is 0 Å². The van der Waals surface area contributed by atoms with E-state index in [2.05, 4.69) is 11.3 Å². The van der Waals surface area contributed by atoms with Crippen LogP contribution in [0.1, 0.15) is 25.7 Å². The molecule has 1 saturated heterocycles. The third-order valence-corrected chi connectivity index (χ3v) is 5.08. The first-order valence-electron chi connectivity index (χ1n) is 10.6. The fourth-order valence-electron chi connectivity index (χ4n) is 3.10. The van der Waals surface area contributed by atoms with E-state index in [0.717, 1.165) is 6.26 Å². The predicted octanol–water partition coefficient (Wildman–Crippen LogP) is -3.96. The highest BCUT2D eigenvalue weighted by Crippen LogP contribution is 2.25. The molecule has 9 atom stereocenters. The van der Waals surface area contributed by atoms with Gasteiger partial charge in [-0.2, -0.15) is 0 Å². The molecule has 0 radical (unpaired) electrons. The molecule has 1 aliphatic heterocycles. The number of hydrogen-bond acceptors (Lipinski definition) is 14. The van der Waals surface area contributed by atoms with Gasteiger partial charge < -0.3 is 59.8 Å². The van der Waals surface area contributed by atoms with Crippen molar-refractivity contribution < 1.29 is 69.4 Å². The van der Waals surface area contributed by atoms with Gasteiger partial charge in [0.1, 0.15) is 55.4 Å². The average Bonchev–Trinajstić information content (AvgIpc) is 2.82. The van der Waals surface area contributed by atoms with Crippen LogP contribution in [0.2, 0.25) is 0 Å². The highest BCUT2D eigenvalue weighted by molar-refractivity contribution is 5.70. The normalized spacial score (nSPS) is 28.4. The number of hydrogen-bond donors (Lipinski definition) is 8. The van der Waals surface area contributed by atoms with Gasteiger partial charge in [0.25, 0.3) is 0 Å². The summed E-state index contributed by atoms with van der Waals surface area (Å²) in [7, 11) is 0. The first-order valence-corrected chi connectivity index (χ1v) is 10.6. The van der Waals surface area contributed by atoms with Gasteiger partial charge in [0.15, 0.2) is 6.29 Å². The average molecular weight is 498 g/mol. The van der Waals surface area contributed by atoms with Crippen LogP contribution in [-0.4, -0.2) is 128 Å². The summed E-state index contributed by atoms with van der Waals surface area (Å²) in [5.41, 5.74) is 0. The Balaban J connectivity index is 2.71. The quantitative estimate of drug-likeness (QED) is 0.0611. The zero-order valence-corrected chi connectivity index (χ0v) is 18.5. The van der Waals surface area contributed by atoms with Crippen LogP contribution >= 0.6 is 0 Å². The Morgan fingerprint density at radius 1 is 0.941 bits per heavy atom. The SMILES string of the molecule is C=COC(=O)CCCCC(=O)OC[C@@H](O)[C@@H](O[C@H]1O[C@H](CO)[C@@H](O)[C@H](O)[C@H]1O)[C@H](O)[C@@H](O)CO.